The number of carbonyl (C=O) groups excluding carboxylic acids is 2. The van der Waals surface area contributed by atoms with Crippen LogP contribution in [0.5, 0.6) is 5.75 Å². The molecule has 0 fully saturated rings. The van der Waals surface area contributed by atoms with E-state index < -0.39 is 26.9 Å². The van der Waals surface area contributed by atoms with Crippen molar-refractivity contribution in [3.05, 3.63) is 87.2 Å². The minimum atomic E-state index is -3.41. The average molecular weight is 645 g/mol. The molecule has 4 aromatic rings. The Morgan fingerprint density at radius 1 is 0.975 bits per heavy atom. The van der Waals surface area contributed by atoms with Gasteiger partial charge in [0.05, 0.1) is 16.8 Å². The van der Waals surface area contributed by atoms with E-state index >= 15 is 0 Å². The number of anilines is 2. The molecule has 1 aromatic heterocycles. The highest BCUT2D eigenvalue weighted by Crippen LogP contribution is 2.41. The lowest BCUT2D eigenvalue weighted by atomic mass is 9.78. The largest absolute Gasteiger partial charge is 0.478 e. The minimum absolute atomic E-state index is 0.279. The van der Waals surface area contributed by atoms with Crippen molar-refractivity contribution in [1.29, 1.82) is 0 Å². The summed E-state index contributed by atoms with van der Waals surface area (Å²) < 4.78 is 33.1. The smallest absolute Gasteiger partial charge is 0.265 e. The second-order valence-electron chi connectivity index (χ2n) is 10.5. The van der Waals surface area contributed by atoms with Crippen LogP contribution in [0.2, 0.25) is 0 Å². The molecule has 0 saturated carbocycles. The van der Waals surface area contributed by atoms with Crippen molar-refractivity contribution in [1.82, 2.24) is 0 Å². The highest BCUT2D eigenvalue weighted by atomic mass is 79.9. The van der Waals surface area contributed by atoms with E-state index in [-0.39, 0.29) is 5.91 Å². The number of benzene rings is 3. The van der Waals surface area contributed by atoms with E-state index in [2.05, 4.69) is 39.8 Å². The van der Waals surface area contributed by atoms with E-state index in [0.717, 1.165) is 31.9 Å². The number of nitrogens with one attached hydrogen (secondary N) is 2. The summed E-state index contributed by atoms with van der Waals surface area (Å²) in [6.07, 6.45) is 1.09. The molecule has 0 aliphatic carbocycles. The summed E-state index contributed by atoms with van der Waals surface area (Å²) in [7, 11) is -3.41. The van der Waals surface area contributed by atoms with Gasteiger partial charge in [0, 0.05) is 20.3 Å². The van der Waals surface area contributed by atoms with Crippen molar-refractivity contribution in [2.75, 3.05) is 16.3 Å². The molecule has 11 heteroatoms. The number of halogens is 1. The van der Waals surface area contributed by atoms with Gasteiger partial charge in [0.25, 0.3) is 11.8 Å². The first-order chi connectivity index (χ1) is 18.6. The first kappa shape index (κ1) is 29.6. The standard InChI is InChI=1S/C29H30BrN3O5S2/c1-28(2,18-8-6-9-20(16-18)38-29(3,4)27(31)35)21-10-7-11-22(25(21)30)32-26(34)24-15-17-14-19(33-40(5,36)37)12-13-23(17)39-24/h6-16,33H,1-5H3,(H2,31,35)(H,32,34). The van der Waals surface area contributed by atoms with Crippen molar-refractivity contribution in [3.8, 4) is 5.75 Å². The van der Waals surface area contributed by atoms with Crippen LogP contribution < -0.4 is 20.5 Å². The van der Waals surface area contributed by atoms with Crippen molar-refractivity contribution < 1.29 is 22.7 Å². The lowest BCUT2D eigenvalue weighted by Gasteiger charge is -2.29. The number of carbonyl (C=O) groups is 2. The summed E-state index contributed by atoms with van der Waals surface area (Å²) in [5, 5.41) is 3.76. The summed E-state index contributed by atoms with van der Waals surface area (Å²) in [4.78, 5) is 25.5. The van der Waals surface area contributed by atoms with Crippen LogP contribution in [0.4, 0.5) is 11.4 Å². The average Bonchev–Trinajstić information content (AvgIpc) is 3.27. The molecule has 8 nitrogen and oxygen atoms in total. The molecule has 1 heterocycles. The molecule has 4 N–H and O–H groups in total. The van der Waals surface area contributed by atoms with Gasteiger partial charge in [-0.3, -0.25) is 14.3 Å². The zero-order valence-corrected chi connectivity index (χ0v) is 25.9. The van der Waals surface area contributed by atoms with Gasteiger partial charge in [-0.25, -0.2) is 8.42 Å². The Morgan fingerprint density at radius 2 is 1.68 bits per heavy atom. The molecule has 40 heavy (non-hydrogen) atoms. The van der Waals surface area contributed by atoms with Gasteiger partial charge >= 0.3 is 0 Å². The van der Waals surface area contributed by atoms with Crippen molar-refractivity contribution in [2.45, 2.75) is 38.7 Å². The Kier molecular flexibility index (Phi) is 8.04. The van der Waals surface area contributed by atoms with E-state index in [9.17, 15) is 18.0 Å². The molecule has 0 atom stereocenters. The maximum absolute atomic E-state index is 13.2. The van der Waals surface area contributed by atoms with Crippen molar-refractivity contribution in [2.24, 2.45) is 5.73 Å². The Labute approximate surface area is 246 Å². The van der Waals surface area contributed by atoms with Crippen LogP contribution in [-0.2, 0) is 20.2 Å². The number of fused-ring (bicyclic) bond motifs is 1. The molecule has 0 spiro atoms. The van der Waals surface area contributed by atoms with E-state index in [4.69, 9.17) is 10.5 Å². The molecule has 3 aromatic carbocycles. The van der Waals surface area contributed by atoms with Crippen molar-refractivity contribution >= 4 is 70.6 Å². The number of amides is 2. The summed E-state index contributed by atoms with van der Waals surface area (Å²) in [5.41, 5.74) is 6.73. The molecule has 0 aliphatic heterocycles. The lowest BCUT2D eigenvalue weighted by molar-refractivity contribution is -0.130. The van der Waals surface area contributed by atoms with Gasteiger partial charge in [0.2, 0.25) is 10.0 Å². The van der Waals surface area contributed by atoms with Crippen molar-refractivity contribution in [3.63, 3.8) is 0 Å². The van der Waals surface area contributed by atoms with Crippen LogP contribution in [0.1, 0.15) is 48.5 Å². The third kappa shape index (κ3) is 6.48. The van der Waals surface area contributed by atoms with Gasteiger partial charge in [-0.15, -0.1) is 11.3 Å². The first-order valence-electron chi connectivity index (χ1n) is 12.3. The Hall–Kier alpha value is -3.41. The molecule has 0 aliphatic rings. The fraction of sp³-hybridized carbons (Fsp3) is 0.241. The molecule has 0 unspecified atom stereocenters. The SMILES string of the molecule is CC(C)(Oc1cccc(C(C)(C)c2cccc(NC(=O)c3cc4cc(NS(C)(=O)=O)ccc4s3)c2Br)c1)C(N)=O. The molecule has 0 radical (unpaired) electrons. The van der Waals surface area contributed by atoms with Crippen LogP contribution in [0, 0.1) is 0 Å². The number of thiophene rings is 1. The van der Waals surface area contributed by atoms with Gasteiger partial charge in [0.15, 0.2) is 5.60 Å². The van der Waals surface area contributed by atoms with Gasteiger partial charge < -0.3 is 15.8 Å². The van der Waals surface area contributed by atoms with E-state index in [1.165, 1.54) is 11.3 Å². The highest BCUT2D eigenvalue weighted by molar-refractivity contribution is 9.10. The number of rotatable bonds is 9. The number of nitrogens with two attached hydrogens (primary N) is 1. The number of ether oxygens (including phenoxy) is 1. The Morgan fingerprint density at radius 3 is 2.35 bits per heavy atom. The lowest BCUT2D eigenvalue weighted by Crippen LogP contribution is -2.43. The fourth-order valence-electron chi connectivity index (χ4n) is 4.18. The molecular formula is C29H30BrN3O5S2. The minimum Gasteiger partial charge on any atom is -0.478 e. The number of hydrogen-bond acceptors (Lipinski definition) is 6. The summed E-state index contributed by atoms with van der Waals surface area (Å²) in [6.45, 7) is 7.37. The number of hydrogen-bond donors (Lipinski definition) is 3. The molecular weight excluding hydrogens is 614 g/mol. The molecule has 210 valence electrons. The van der Waals surface area contributed by atoms with Crippen LogP contribution in [-0.4, -0.2) is 32.1 Å². The topological polar surface area (TPSA) is 128 Å². The summed E-state index contributed by atoms with van der Waals surface area (Å²) >= 11 is 5.03. The van der Waals surface area contributed by atoms with E-state index in [1.54, 1.807) is 44.2 Å². The predicted molar refractivity (Wildman–Crippen MR) is 165 cm³/mol. The molecule has 0 saturated heterocycles. The van der Waals surface area contributed by atoms with E-state index in [1.807, 2.05) is 36.4 Å². The maximum Gasteiger partial charge on any atom is 0.265 e. The molecule has 0 bridgehead atoms. The normalized spacial score (nSPS) is 12.2. The van der Waals surface area contributed by atoms with Crippen LogP contribution >= 0.6 is 27.3 Å². The predicted octanol–water partition coefficient (Wildman–Crippen LogP) is 6.26. The van der Waals surface area contributed by atoms with Crippen LogP contribution in [0.25, 0.3) is 10.1 Å². The van der Waals surface area contributed by atoms with Gasteiger partial charge in [-0.05, 0) is 88.8 Å². The van der Waals surface area contributed by atoms with Crippen LogP contribution in [0.15, 0.2) is 71.2 Å². The third-order valence-electron chi connectivity index (χ3n) is 6.49. The summed E-state index contributed by atoms with van der Waals surface area (Å²) in [5.74, 6) is -0.318. The van der Waals surface area contributed by atoms with E-state index in [0.29, 0.717) is 22.0 Å². The zero-order chi connectivity index (χ0) is 29.5. The molecule has 4 rings (SSSR count). The first-order valence-corrected chi connectivity index (χ1v) is 15.8. The monoisotopic (exact) mass is 643 g/mol. The Bertz CT molecular complexity index is 1730. The second kappa shape index (κ2) is 10.9. The quantitative estimate of drug-likeness (QED) is 0.198. The summed E-state index contributed by atoms with van der Waals surface area (Å²) in [6, 6.07) is 20.1. The van der Waals surface area contributed by atoms with Crippen LogP contribution in [0.3, 0.4) is 0 Å². The number of sulfonamides is 1. The third-order valence-corrected chi connectivity index (χ3v) is 9.06. The van der Waals surface area contributed by atoms with Gasteiger partial charge in [-0.2, -0.15) is 0 Å². The number of primary amides is 1. The fourth-order valence-corrected chi connectivity index (χ4v) is 6.53. The van der Waals surface area contributed by atoms with Gasteiger partial charge in [0.1, 0.15) is 5.75 Å². The highest BCUT2D eigenvalue weighted by Gasteiger charge is 2.30. The zero-order valence-electron chi connectivity index (χ0n) is 22.7. The maximum atomic E-state index is 13.2. The molecule has 2 amide bonds. The van der Waals surface area contributed by atoms with Gasteiger partial charge in [-0.1, -0.05) is 38.1 Å². The Balaban J connectivity index is 1.60. The second-order valence-corrected chi connectivity index (χ2v) is 14.1.